The van der Waals surface area contributed by atoms with Crippen molar-refractivity contribution in [2.75, 3.05) is 5.32 Å². The summed E-state index contributed by atoms with van der Waals surface area (Å²) >= 11 is 0. The molecule has 1 fully saturated rings. The summed E-state index contributed by atoms with van der Waals surface area (Å²) in [6.07, 6.45) is 9.40. The smallest absolute Gasteiger partial charge is 0.144 e. The van der Waals surface area contributed by atoms with Gasteiger partial charge >= 0.3 is 0 Å². The van der Waals surface area contributed by atoms with Gasteiger partial charge in [-0.3, -0.25) is 0 Å². The Bertz CT molecular complexity index is 412. The van der Waals surface area contributed by atoms with Gasteiger partial charge < -0.3 is 5.32 Å². The van der Waals surface area contributed by atoms with Crippen LogP contribution in [0.2, 0.25) is 0 Å². The fourth-order valence-corrected chi connectivity index (χ4v) is 2.43. The Morgan fingerprint density at radius 1 is 1.29 bits per heavy atom. The fraction of sp³-hybridized carbons (Fsp3) is 0.571. The molecule has 0 amide bonds. The average Bonchev–Trinajstić information content (AvgIpc) is 2.58. The summed E-state index contributed by atoms with van der Waals surface area (Å²) < 4.78 is 0. The number of aromatic nitrogens is 1. The highest BCUT2D eigenvalue weighted by Crippen LogP contribution is 2.22. The maximum absolute atomic E-state index is 9.15. The monoisotopic (exact) mass is 229 g/mol. The van der Waals surface area contributed by atoms with Crippen molar-refractivity contribution >= 4 is 5.82 Å². The van der Waals surface area contributed by atoms with Crippen LogP contribution >= 0.6 is 0 Å². The third-order valence-corrected chi connectivity index (χ3v) is 3.47. The Balaban J connectivity index is 2.12. The molecule has 0 bridgehead atoms. The molecule has 2 rings (SSSR count). The number of anilines is 1. The second kappa shape index (κ2) is 5.67. The van der Waals surface area contributed by atoms with Crippen LogP contribution in [0, 0.1) is 18.3 Å². The maximum atomic E-state index is 9.15. The second-order valence-corrected chi connectivity index (χ2v) is 4.80. The summed E-state index contributed by atoms with van der Waals surface area (Å²) in [6, 6.07) is 4.61. The summed E-state index contributed by atoms with van der Waals surface area (Å²) in [5, 5.41) is 12.6. The molecule has 0 radical (unpaired) electrons. The number of hydrogen-bond donors (Lipinski definition) is 1. The normalized spacial score (nSPS) is 17.2. The van der Waals surface area contributed by atoms with Gasteiger partial charge in [0.15, 0.2) is 0 Å². The molecule has 0 saturated heterocycles. The number of nitrogens with zero attached hydrogens (tertiary/aromatic N) is 2. The van der Waals surface area contributed by atoms with Gasteiger partial charge in [0.1, 0.15) is 11.9 Å². The molecule has 1 heterocycles. The highest BCUT2D eigenvalue weighted by atomic mass is 15.0. The topological polar surface area (TPSA) is 48.7 Å². The van der Waals surface area contributed by atoms with Gasteiger partial charge in [0.25, 0.3) is 0 Å². The summed E-state index contributed by atoms with van der Waals surface area (Å²) in [7, 11) is 0. The lowest BCUT2D eigenvalue weighted by atomic mass is 10.1. The molecule has 1 aromatic rings. The van der Waals surface area contributed by atoms with Gasteiger partial charge in [-0.05, 0) is 31.4 Å². The van der Waals surface area contributed by atoms with Gasteiger partial charge in [-0.2, -0.15) is 5.26 Å². The van der Waals surface area contributed by atoms with Crippen LogP contribution in [-0.4, -0.2) is 11.0 Å². The van der Waals surface area contributed by atoms with E-state index in [-0.39, 0.29) is 0 Å². The minimum Gasteiger partial charge on any atom is -0.366 e. The number of nitrogens with one attached hydrogen (secondary N) is 1. The van der Waals surface area contributed by atoms with Crippen LogP contribution in [0.15, 0.2) is 12.3 Å². The maximum Gasteiger partial charge on any atom is 0.144 e. The predicted octanol–water partition coefficient (Wildman–Crippen LogP) is 3.40. The van der Waals surface area contributed by atoms with E-state index in [1.165, 1.54) is 38.5 Å². The van der Waals surface area contributed by atoms with E-state index >= 15 is 0 Å². The first-order valence-electron chi connectivity index (χ1n) is 6.43. The summed E-state index contributed by atoms with van der Waals surface area (Å²) in [5.74, 6) is 0.763. The van der Waals surface area contributed by atoms with Crippen molar-refractivity contribution in [1.29, 1.82) is 5.26 Å². The lowest BCUT2D eigenvalue weighted by Crippen LogP contribution is -2.20. The van der Waals surface area contributed by atoms with Crippen LogP contribution in [0.25, 0.3) is 0 Å². The molecule has 0 unspecified atom stereocenters. The fourth-order valence-electron chi connectivity index (χ4n) is 2.43. The minimum atomic E-state index is 0.485. The zero-order valence-electron chi connectivity index (χ0n) is 10.4. The van der Waals surface area contributed by atoms with Gasteiger partial charge in [-0.15, -0.1) is 0 Å². The summed E-state index contributed by atoms with van der Waals surface area (Å²) in [6.45, 7) is 1.96. The molecule has 0 atom stereocenters. The lowest BCUT2D eigenvalue weighted by Gasteiger charge is -2.18. The predicted molar refractivity (Wildman–Crippen MR) is 68.8 cm³/mol. The van der Waals surface area contributed by atoms with Crippen LogP contribution < -0.4 is 5.32 Å². The Kier molecular flexibility index (Phi) is 3.98. The minimum absolute atomic E-state index is 0.485. The van der Waals surface area contributed by atoms with E-state index < -0.39 is 0 Å². The molecule has 17 heavy (non-hydrogen) atoms. The Hall–Kier alpha value is -1.56. The van der Waals surface area contributed by atoms with Gasteiger partial charge in [0.2, 0.25) is 0 Å². The molecule has 3 nitrogen and oxygen atoms in total. The standard InChI is InChI=1S/C14H19N3/c1-11-8-9-16-14(13(11)10-15)17-12-6-4-2-3-5-7-12/h8-9,12H,2-7H2,1H3,(H,16,17). The Morgan fingerprint density at radius 2 is 2.00 bits per heavy atom. The van der Waals surface area contributed by atoms with Crippen molar-refractivity contribution < 1.29 is 0 Å². The first kappa shape index (κ1) is 11.9. The number of pyridine rings is 1. The van der Waals surface area contributed by atoms with E-state index in [4.69, 9.17) is 5.26 Å². The van der Waals surface area contributed by atoms with E-state index in [1.807, 2.05) is 13.0 Å². The van der Waals surface area contributed by atoms with E-state index in [0.29, 0.717) is 11.6 Å². The molecular formula is C14H19N3. The summed E-state index contributed by atoms with van der Waals surface area (Å²) in [4.78, 5) is 4.30. The average molecular weight is 229 g/mol. The molecule has 0 aromatic carbocycles. The van der Waals surface area contributed by atoms with Gasteiger partial charge in [0, 0.05) is 12.2 Å². The van der Waals surface area contributed by atoms with E-state index in [2.05, 4.69) is 16.4 Å². The zero-order valence-corrected chi connectivity index (χ0v) is 10.4. The largest absolute Gasteiger partial charge is 0.366 e. The van der Waals surface area contributed by atoms with Crippen LogP contribution in [0.3, 0.4) is 0 Å². The van der Waals surface area contributed by atoms with E-state index in [9.17, 15) is 0 Å². The molecule has 1 aromatic heterocycles. The third kappa shape index (κ3) is 2.97. The Morgan fingerprint density at radius 3 is 2.65 bits per heavy atom. The first-order chi connectivity index (χ1) is 8.31. The molecule has 1 N–H and O–H groups in total. The molecule has 1 aliphatic rings. The first-order valence-corrected chi connectivity index (χ1v) is 6.43. The van der Waals surface area contributed by atoms with E-state index in [0.717, 1.165) is 11.4 Å². The highest BCUT2D eigenvalue weighted by Gasteiger charge is 2.14. The number of rotatable bonds is 2. The van der Waals surface area contributed by atoms with Crippen molar-refractivity contribution in [3.8, 4) is 6.07 Å². The van der Waals surface area contributed by atoms with Crippen molar-refractivity contribution in [1.82, 2.24) is 4.98 Å². The molecule has 3 heteroatoms. The molecule has 0 spiro atoms. The molecule has 1 saturated carbocycles. The number of nitriles is 1. The van der Waals surface area contributed by atoms with Gasteiger partial charge in [0.05, 0.1) is 5.56 Å². The third-order valence-electron chi connectivity index (χ3n) is 3.47. The summed E-state index contributed by atoms with van der Waals surface area (Å²) in [5.41, 5.74) is 1.69. The van der Waals surface area contributed by atoms with Crippen LogP contribution in [0.5, 0.6) is 0 Å². The van der Waals surface area contributed by atoms with Gasteiger partial charge in [-0.25, -0.2) is 4.98 Å². The molecule has 1 aliphatic carbocycles. The van der Waals surface area contributed by atoms with Crippen LogP contribution in [0.1, 0.15) is 49.7 Å². The van der Waals surface area contributed by atoms with E-state index in [1.54, 1.807) is 6.20 Å². The highest BCUT2D eigenvalue weighted by molar-refractivity contribution is 5.55. The molecule has 90 valence electrons. The van der Waals surface area contributed by atoms with Crippen LogP contribution in [-0.2, 0) is 0 Å². The second-order valence-electron chi connectivity index (χ2n) is 4.80. The van der Waals surface area contributed by atoms with Crippen molar-refractivity contribution in [3.63, 3.8) is 0 Å². The quantitative estimate of drug-likeness (QED) is 0.791. The number of hydrogen-bond acceptors (Lipinski definition) is 3. The van der Waals surface area contributed by atoms with Gasteiger partial charge in [-0.1, -0.05) is 25.7 Å². The molecular weight excluding hydrogens is 210 g/mol. The number of aryl methyl sites for hydroxylation is 1. The molecule has 0 aliphatic heterocycles. The zero-order chi connectivity index (χ0) is 12.1. The van der Waals surface area contributed by atoms with Crippen molar-refractivity contribution in [3.05, 3.63) is 23.4 Å². The lowest BCUT2D eigenvalue weighted by molar-refractivity contribution is 0.617. The van der Waals surface area contributed by atoms with Crippen LogP contribution in [0.4, 0.5) is 5.82 Å². The SMILES string of the molecule is Cc1ccnc(NC2CCCCCC2)c1C#N. The van der Waals surface area contributed by atoms with Crippen molar-refractivity contribution in [2.24, 2.45) is 0 Å². The Labute approximate surface area is 103 Å². The van der Waals surface area contributed by atoms with Crippen molar-refractivity contribution in [2.45, 2.75) is 51.5 Å².